The Labute approximate surface area is 151 Å². The molecule has 138 valence electrons. The van der Waals surface area contributed by atoms with Gasteiger partial charge in [-0.25, -0.2) is 0 Å². The van der Waals surface area contributed by atoms with Crippen LogP contribution in [0.25, 0.3) is 0 Å². The Morgan fingerprint density at radius 3 is 2.56 bits per heavy atom. The molecule has 1 amide bonds. The Morgan fingerprint density at radius 2 is 1.80 bits per heavy atom. The van der Waals surface area contributed by atoms with Crippen molar-refractivity contribution in [3.05, 3.63) is 29.8 Å². The minimum atomic E-state index is -0.147. The average Bonchev–Trinajstić information content (AvgIpc) is 2.64. The highest BCUT2D eigenvalue weighted by Gasteiger charge is 2.19. The Bertz CT molecular complexity index is 547. The number of piperidine rings is 1. The van der Waals surface area contributed by atoms with Crippen LogP contribution in [0.1, 0.15) is 63.4 Å². The third kappa shape index (κ3) is 5.82. The molecule has 0 aromatic heterocycles. The third-order valence-corrected chi connectivity index (χ3v) is 5.75. The van der Waals surface area contributed by atoms with E-state index in [9.17, 15) is 9.90 Å². The van der Waals surface area contributed by atoms with E-state index >= 15 is 0 Å². The Balaban J connectivity index is 1.50. The quantitative estimate of drug-likeness (QED) is 0.822. The first-order chi connectivity index (χ1) is 12.2. The van der Waals surface area contributed by atoms with E-state index < -0.39 is 0 Å². The van der Waals surface area contributed by atoms with Gasteiger partial charge in [-0.15, -0.1) is 0 Å². The lowest BCUT2D eigenvalue weighted by Gasteiger charge is -2.30. The number of likely N-dealkylation sites (tertiary alicyclic amines) is 1. The van der Waals surface area contributed by atoms with Crippen LogP contribution in [0.2, 0.25) is 0 Å². The molecule has 0 radical (unpaired) electrons. The summed E-state index contributed by atoms with van der Waals surface area (Å²) in [5.41, 5.74) is 2.12. The molecule has 0 spiro atoms. The molecule has 2 fully saturated rings. The normalized spacial score (nSPS) is 20.5. The average molecular weight is 344 g/mol. The number of hydrogen-bond donors (Lipinski definition) is 2. The highest BCUT2D eigenvalue weighted by Crippen LogP contribution is 2.27. The van der Waals surface area contributed by atoms with Gasteiger partial charge < -0.3 is 10.4 Å². The molecule has 4 heteroatoms. The molecule has 2 N–H and O–H groups in total. The monoisotopic (exact) mass is 344 g/mol. The van der Waals surface area contributed by atoms with Gasteiger partial charge in [-0.2, -0.15) is 0 Å². The van der Waals surface area contributed by atoms with Crippen LogP contribution in [-0.4, -0.2) is 35.1 Å². The maximum absolute atomic E-state index is 12.4. The van der Waals surface area contributed by atoms with E-state index in [0.717, 1.165) is 50.5 Å². The fraction of sp³-hybridized carbons (Fsp3) is 0.667. The number of nitrogens with zero attached hydrogens (tertiary/aromatic N) is 1. The molecule has 0 atom stereocenters. The fourth-order valence-corrected chi connectivity index (χ4v) is 4.12. The van der Waals surface area contributed by atoms with E-state index in [1.54, 1.807) is 0 Å². The Morgan fingerprint density at radius 1 is 1.08 bits per heavy atom. The smallest absolute Gasteiger partial charge is 0.224 e. The second kappa shape index (κ2) is 9.35. The lowest BCUT2D eigenvalue weighted by atomic mass is 9.86. The summed E-state index contributed by atoms with van der Waals surface area (Å²) < 4.78 is 0. The van der Waals surface area contributed by atoms with E-state index in [0.29, 0.717) is 6.42 Å². The number of para-hydroxylation sites is 1. The summed E-state index contributed by atoms with van der Waals surface area (Å²) in [6.45, 7) is 2.68. The van der Waals surface area contributed by atoms with Crippen molar-refractivity contribution >= 4 is 11.6 Å². The number of aliphatic hydroxyl groups is 1. The molecule has 0 unspecified atom stereocenters. The minimum Gasteiger partial charge on any atom is -0.393 e. The number of anilines is 1. The van der Waals surface area contributed by atoms with E-state index in [2.05, 4.69) is 16.3 Å². The van der Waals surface area contributed by atoms with Crippen molar-refractivity contribution in [2.24, 2.45) is 5.92 Å². The predicted octanol–water partition coefficient (Wildman–Crippen LogP) is 3.94. The van der Waals surface area contributed by atoms with Crippen molar-refractivity contribution in [2.75, 3.05) is 18.4 Å². The van der Waals surface area contributed by atoms with Gasteiger partial charge in [0.15, 0.2) is 0 Å². The highest BCUT2D eigenvalue weighted by atomic mass is 16.3. The van der Waals surface area contributed by atoms with Crippen LogP contribution in [0.3, 0.4) is 0 Å². The van der Waals surface area contributed by atoms with E-state index in [1.807, 2.05) is 18.2 Å². The van der Waals surface area contributed by atoms with Gasteiger partial charge in [-0.3, -0.25) is 9.69 Å². The summed E-state index contributed by atoms with van der Waals surface area (Å²) in [5, 5.41) is 12.8. The first kappa shape index (κ1) is 18.4. The second-order valence-electron chi connectivity index (χ2n) is 7.76. The van der Waals surface area contributed by atoms with Crippen LogP contribution in [-0.2, 0) is 11.3 Å². The van der Waals surface area contributed by atoms with E-state index in [4.69, 9.17) is 0 Å². The SMILES string of the molecule is O=C(CCC1CCCCC1)Nc1ccccc1CN1CCC(O)CC1. The van der Waals surface area contributed by atoms with Crippen molar-refractivity contribution in [1.82, 2.24) is 4.90 Å². The maximum Gasteiger partial charge on any atom is 0.224 e. The predicted molar refractivity (Wildman–Crippen MR) is 101 cm³/mol. The number of amides is 1. The summed E-state index contributed by atoms with van der Waals surface area (Å²) in [7, 11) is 0. The van der Waals surface area contributed by atoms with Gasteiger partial charge in [-0.05, 0) is 36.8 Å². The molecule has 1 saturated carbocycles. The van der Waals surface area contributed by atoms with Crippen molar-refractivity contribution in [3.8, 4) is 0 Å². The van der Waals surface area contributed by atoms with Gasteiger partial charge >= 0.3 is 0 Å². The summed E-state index contributed by atoms with van der Waals surface area (Å²) in [5.74, 6) is 0.890. The topological polar surface area (TPSA) is 52.6 Å². The number of carbonyl (C=O) groups is 1. The molecule has 1 aliphatic heterocycles. The van der Waals surface area contributed by atoms with Crippen LogP contribution in [0, 0.1) is 5.92 Å². The van der Waals surface area contributed by atoms with Gasteiger partial charge in [0.1, 0.15) is 0 Å². The van der Waals surface area contributed by atoms with Crippen molar-refractivity contribution in [3.63, 3.8) is 0 Å². The van der Waals surface area contributed by atoms with Gasteiger partial charge in [-0.1, -0.05) is 50.3 Å². The molecule has 3 rings (SSSR count). The number of hydrogen-bond acceptors (Lipinski definition) is 3. The molecule has 1 aliphatic carbocycles. The first-order valence-electron chi connectivity index (χ1n) is 9.99. The number of benzene rings is 1. The van der Waals surface area contributed by atoms with Crippen LogP contribution in [0.5, 0.6) is 0 Å². The van der Waals surface area contributed by atoms with Crippen molar-refractivity contribution in [2.45, 2.75) is 70.4 Å². The number of aliphatic hydroxyl groups excluding tert-OH is 1. The minimum absolute atomic E-state index is 0.145. The van der Waals surface area contributed by atoms with Crippen LogP contribution >= 0.6 is 0 Å². The molecule has 1 aromatic rings. The van der Waals surface area contributed by atoms with E-state index in [1.165, 1.54) is 37.7 Å². The number of rotatable bonds is 6. The largest absolute Gasteiger partial charge is 0.393 e. The Kier molecular flexibility index (Phi) is 6.88. The first-order valence-corrected chi connectivity index (χ1v) is 9.99. The standard InChI is InChI=1S/C21H32N2O2/c24-19-12-14-23(15-13-19)16-18-8-4-5-9-20(18)22-21(25)11-10-17-6-2-1-3-7-17/h4-5,8-9,17,19,24H,1-3,6-7,10-16H2,(H,22,25). The molecule has 0 bridgehead atoms. The van der Waals surface area contributed by atoms with Gasteiger partial charge in [0.25, 0.3) is 0 Å². The van der Waals surface area contributed by atoms with E-state index in [-0.39, 0.29) is 12.0 Å². The lowest BCUT2D eigenvalue weighted by molar-refractivity contribution is -0.116. The molecular weight excluding hydrogens is 312 g/mol. The molecule has 25 heavy (non-hydrogen) atoms. The summed E-state index contributed by atoms with van der Waals surface area (Å²) >= 11 is 0. The zero-order chi connectivity index (χ0) is 17.5. The second-order valence-corrected chi connectivity index (χ2v) is 7.76. The lowest BCUT2D eigenvalue weighted by Crippen LogP contribution is -2.35. The third-order valence-electron chi connectivity index (χ3n) is 5.75. The van der Waals surface area contributed by atoms with Crippen molar-refractivity contribution < 1.29 is 9.90 Å². The van der Waals surface area contributed by atoms with Gasteiger partial charge in [0.2, 0.25) is 5.91 Å². The molecule has 1 saturated heterocycles. The molecular formula is C21H32N2O2. The van der Waals surface area contributed by atoms with Crippen LogP contribution in [0.15, 0.2) is 24.3 Å². The fourth-order valence-electron chi connectivity index (χ4n) is 4.12. The summed E-state index contributed by atoms with van der Waals surface area (Å²) in [6.07, 6.45) is 9.82. The zero-order valence-corrected chi connectivity index (χ0v) is 15.3. The summed E-state index contributed by atoms with van der Waals surface area (Å²) in [4.78, 5) is 14.7. The number of nitrogens with one attached hydrogen (secondary N) is 1. The number of carbonyl (C=O) groups excluding carboxylic acids is 1. The van der Waals surface area contributed by atoms with Crippen molar-refractivity contribution in [1.29, 1.82) is 0 Å². The van der Waals surface area contributed by atoms with Crippen LogP contribution < -0.4 is 5.32 Å². The van der Waals surface area contributed by atoms with Crippen LogP contribution in [0.4, 0.5) is 5.69 Å². The molecule has 2 aliphatic rings. The highest BCUT2D eigenvalue weighted by molar-refractivity contribution is 5.91. The molecule has 1 heterocycles. The molecule has 1 aromatic carbocycles. The summed E-state index contributed by atoms with van der Waals surface area (Å²) in [6, 6.07) is 8.13. The zero-order valence-electron chi connectivity index (χ0n) is 15.3. The molecule has 4 nitrogen and oxygen atoms in total. The maximum atomic E-state index is 12.4. The van der Waals surface area contributed by atoms with Gasteiger partial charge in [0.05, 0.1) is 6.10 Å². The Hall–Kier alpha value is -1.39. The van der Waals surface area contributed by atoms with Gasteiger partial charge in [0, 0.05) is 31.7 Å².